The topological polar surface area (TPSA) is 64.7 Å². The number of carbonyl (C=O) groups excluding carboxylic acids is 2. The molecule has 32 heavy (non-hydrogen) atoms. The molecule has 1 fully saturated rings. The van der Waals surface area contributed by atoms with E-state index >= 15 is 0 Å². The van der Waals surface area contributed by atoms with Gasteiger partial charge in [-0.3, -0.25) is 14.5 Å². The summed E-state index contributed by atoms with van der Waals surface area (Å²) in [5, 5.41) is 5.40. The molecule has 0 radical (unpaired) electrons. The highest BCUT2D eigenvalue weighted by molar-refractivity contribution is 6.39. The average Bonchev–Trinajstić information content (AvgIpc) is 2.77. The summed E-state index contributed by atoms with van der Waals surface area (Å²) in [6, 6.07) is 11.9. The van der Waals surface area contributed by atoms with Gasteiger partial charge in [-0.2, -0.15) is 13.2 Å². The Morgan fingerprint density at radius 3 is 2.31 bits per heavy atom. The molecule has 2 amide bonds. The minimum absolute atomic E-state index is 0.0847. The van der Waals surface area contributed by atoms with Gasteiger partial charge in [0.15, 0.2) is 0 Å². The number of piperazine rings is 1. The first-order valence-corrected chi connectivity index (χ1v) is 10.6. The minimum atomic E-state index is -4.52. The van der Waals surface area contributed by atoms with E-state index in [1.807, 2.05) is 24.3 Å². The summed E-state index contributed by atoms with van der Waals surface area (Å²) in [4.78, 5) is 28.4. The van der Waals surface area contributed by atoms with Crippen LogP contribution >= 0.6 is 11.6 Å². The second-order valence-corrected chi connectivity index (χ2v) is 7.88. The number of alkyl halides is 3. The third-order valence-electron chi connectivity index (χ3n) is 5.15. The Kier molecular flexibility index (Phi) is 7.98. The third kappa shape index (κ3) is 6.86. The van der Waals surface area contributed by atoms with Crippen LogP contribution in [0.25, 0.3) is 0 Å². The normalized spacial score (nSPS) is 14.8. The van der Waals surface area contributed by atoms with Gasteiger partial charge in [-0.15, -0.1) is 0 Å². The van der Waals surface area contributed by atoms with Crippen molar-refractivity contribution in [3.8, 4) is 0 Å². The fraction of sp³-hybridized carbons (Fsp3) is 0.364. The molecule has 0 atom stereocenters. The molecule has 10 heteroatoms. The first-order chi connectivity index (χ1) is 15.2. The summed E-state index contributed by atoms with van der Waals surface area (Å²) in [6.45, 7) is 4.59. The van der Waals surface area contributed by atoms with Gasteiger partial charge in [0.25, 0.3) is 0 Å². The standard InChI is InChI=1S/C22H24ClF3N4O2/c23-17-5-7-19(8-6-17)30-13-11-29(12-14-30)10-2-9-27-20(31)21(32)28-18-4-1-3-16(15-18)22(24,25)26/h1,3-8,15H,2,9-14H2,(H,27,31)(H,28,32). The van der Waals surface area contributed by atoms with E-state index in [0.29, 0.717) is 18.0 Å². The highest BCUT2D eigenvalue weighted by atomic mass is 35.5. The Labute approximate surface area is 189 Å². The van der Waals surface area contributed by atoms with Crippen LogP contribution in [0.3, 0.4) is 0 Å². The molecule has 0 aromatic heterocycles. The first-order valence-electron chi connectivity index (χ1n) is 10.2. The molecular formula is C22H24ClF3N4O2. The molecule has 2 aromatic rings. The van der Waals surface area contributed by atoms with Gasteiger partial charge < -0.3 is 15.5 Å². The first kappa shape index (κ1) is 23.9. The van der Waals surface area contributed by atoms with Crippen LogP contribution in [0.4, 0.5) is 24.5 Å². The van der Waals surface area contributed by atoms with Crippen molar-refractivity contribution in [2.75, 3.05) is 49.5 Å². The van der Waals surface area contributed by atoms with E-state index in [1.54, 1.807) is 0 Å². The lowest BCUT2D eigenvalue weighted by atomic mass is 10.2. The van der Waals surface area contributed by atoms with Crippen molar-refractivity contribution in [1.29, 1.82) is 0 Å². The number of halogens is 4. The largest absolute Gasteiger partial charge is 0.416 e. The Morgan fingerprint density at radius 1 is 0.969 bits per heavy atom. The van der Waals surface area contributed by atoms with E-state index in [1.165, 1.54) is 12.1 Å². The fourth-order valence-corrected chi connectivity index (χ4v) is 3.55. The lowest BCUT2D eigenvalue weighted by Gasteiger charge is -2.36. The van der Waals surface area contributed by atoms with E-state index in [4.69, 9.17) is 11.6 Å². The molecule has 0 bridgehead atoms. The van der Waals surface area contributed by atoms with E-state index in [0.717, 1.165) is 50.5 Å². The summed E-state index contributed by atoms with van der Waals surface area (Å²) >= 11 is 5.93. The quantitative estimate of drug-likeness (QED) is 0.502. The predicted octanol–water partition coefficient (Wildman–Crippen LogP) is 3.63. The van der Waals surface area contributed by atoms with Crippen LogP contribution in [0.5, 0.6) is 0 Å². The van der Waals surface area contributed by atoms with Gasteiger partial charge in [0.1, 0.15) is 0 Å². The highest BCUT2D eigenvalue weighted by Gasteiger charge is 2.30. The average molecular weight is 469 g/mol. The maximum atomic E-state index is 12.7. The molecule has 2 N–H and O–H groups in total. The van der Waals surface area contributed by atoms with Crippen LogP contribution in [0.15, 0.2) is 48.5 Å². The second-order valence-electron chi connectivity index (χ2n) is 7.45. The van der Waals surface area contributed by atoms with Crippen LogP contribution in [-0.4, -0.2) is 56.0 Å². The monoisotopic (exact) mass is 468 g/mol. The molecule has 0 spiro atoms. The summed E-state index contributed by atoms with van der Waals surface area (Å²) < 4.78 is 38.2. The molecule has 0 unspecified atom stereocenters. The number of rotatable bonds is 6. The van der Waals surface area contributed by atoms with E-state index in [2.05, 4.69) is 20.4 Å². The highest BCUT2D eigenvalue weighted by Crippen LogP contribution is 2.30. The summed E-state index contributed by atoms with van der Waals surface area (Å²) in [6.07, 6.45) is -3.87. The van der Waals surface area contributed by atoms with Crippen molar-refractivity contribution in [1.82, 2.24) is 10.2 Å². The van der Waals surface area contributed by atoms with E-state index < -0.39 is 23.6 Å². The number of anilines is 2. The van der Waals surface area contributed by atoms with Crippen molar-refractivity contribution < 1.29 is 22.8 Å². The lowest BCUT2D eigenvalue weighted by molar-refractivity contribution is -0.137. The number of hydrogen-bond donors (Lipinski definition) is 2. The Hall–Kier alpha value is -2.78. The molecule has 6 nitrogen and oxygen atoms in total. The van der Waals surface area contributed by atoms with Gasteiger partial charge in [0.05, 0.1) is 5.56 Å². The Morgan fingerprint density at radius 2 is 1.66 bits per heavy atom. The number of nitrogens with one attached hydrogen (secondary N) is 2. The summed E-state index contributed by atoms with van der Waals surface area (Å²) in [7, 11) is 0. The smallest absolute Gasteiger partial charge is 0.369 e. The zero-order valence-corrected chi connectivity index (χ0v) is 18.0. The zero-order chi connectivity index (χ0) is 23.1. The molecular weight excluding hydrogens is 445 g/mol. The van der Waals surface area contributed by atoms with Crippen molar-refractivity contribution in [3.05, 3.63) is 59.1 Å². The number of hydrogen-bond acceptors (Lipinski definition) is 4. The van der Waals surface area contributed by atoms with Crippen LogP contribution < -0.4 is 15.5 Å². The van der Waals surface area contributed by atoms with Gasteiger partial charge in [-0.25, -0.2) is 0 Å². The van der Waals surface area contributed by atoms with Gasteiger partial charge in [0.2, 0.25) is 0 Å². The minimum Gasteiger partial charge on any atom is -0.369 e. The van der Waals surface area contributed by atoms with Crippen molar-refractivity contribution in [3.63, 3.8) is 0 Å². The Balaban J connectivity index is 1.35. The van der Waals surface area contributed by atoms with Gasteiger partial charge >= 0.3 is 18.0 Å². The van der Waals surface area contributed by atoms with Gasteiger partial charge in [-0.05, 0) is 55.4 Å². The number of nitrogens with zero attached hydrogens (tertiary/aromatic N) is 2. The molecule has 1 saturated heterocycles. The zero-order valence-electron chi connectivity index (χ0n) is 17.3. The predicted molar refractivity (Wildman–Crippen MR) is 118 cm³/mol. The molecule has 3 rings (SSSR count). The maximum absolute atomic E-state index is 12.7. The molecule has 172 valence electrons. The van der Waals surface area contributed by atoms with Gasteiger partial charge in [-0.1, -0.05) is 17.7 Å². The lowest BCUT2D eigenvalue weighted by Crippen LogP contribution is -2.47. The SMILES string of the molecule is O=C(NCCCN1CCN(c2ccc(Cl)cc2)CC1)C(=O)Nc1cccc(C(F)(F)F)c1. The molecule has 1 aliphatic heterocycles. The van der Waals surface area contributed by atoms with Gasteiger partial charge in [0, 0.05) is 49.1 Å². The fourth-order valence-electron chi connectivity index (χ4n) is 3.43. The molecule has 1 heterocycles. The molecule has 0 saturated carbocycles. The second kappa shape index (κ2) is 10.7. The van der Waals surface area contributed by atoms with E-state index in [-0.39, 0.29) is 5.69 Å². The van der Waals surface area contributed by atoms with Crippen molar-refractivity contribution in [2.24, 2.45) is 0 Å². The summed E-state index contributed by atoms with van der Waals surface area (Å²) in [5.74, 6) is -1.88. The molecule has 2 aromatic carbocycles. The van der Waals surface area contributed by atoms with Crippen LogP contribution in [-0.2, 0) is 15.8 Å². The molecule has 0 aliphatic carbocycles. The molecule has 1 aliphatic rings. The number of carbonyl (C=O) groups is 2. The van der Waals surface area contributed by atoms with Crippen LogP contribution in [0, 0.1) is 0 Å². The number of amides is 2. The maximum Gasteiger partial charge on any atom is 0.416 e. The van der Waals surface area contributed by atoms with Crippen molar-refractivity contribution in [2.45, 2.75) is 12.6 Å². The van der Waals surface area contributed by atoms with Crippen LogP contribution in [0.1, 0.15) is 12.0 Å². The number of benzene rings is 2. The summed E-state index contributed by atoms with van der Waals surface area (Å²) in [5.41, 5.74) is 0.151. The third-order valence-corrected chi connectivity index (χ3v) is 5.41. The Bertz CT molecular complexity index is 930. The van der Waals surface area contributed by atoms with E-state index in [9.17, 15) is 22.8 Å². The van der Waals surface area contributed by atoms with Crippen LogP contribution in [0.2, 0.25) is 5.02 Å². The van der Waals surface area contributed by atoms with Crippen molar-refractivity contribution >= 4 is 34.8 Å².